The molecule has 0 spiro atoms. The number of imidazole rings is 1. The molecule has 0 aliphatic carbocycles. The van der Waals surface area contributed by atoms with Crippen molar-refractivity contribution < 1.29 is 23.4 Å². The quantitative estimate of drug-likeness (QED) is 0.430. The number of nitrogens with one attached hydrogen (secondary N) is 1. The van der Waals surface area contributed by atoms with Crippen LogP contribution < -0.4 is 15.9 Å². The number of hydrogen-bond acceptors (Lipinski definition) is 6. The first-order valence-corrected chi connectivity index (χ1v) is 11.8. The summed E-state index contributed by atoms with van der Waals surface area (Å²) < 4.78 is 46.2. The number of piperidine rings is 1. The van der Waals surface area contributed by atoms with Gasteiger partial charge in [-0.25, -0.2) is 27.8 Å². The van der Waals surface area contributed by atoms with Crippen LogP contribution >= 0.6 is 0 Å². The average Bonchev–Trinajstić information content (AvgIpc) is 3.05. The van der Waals surface area contributed by atoms with Gasteiger partial charge in [0.05, 0.1) is 29.8 Å². The molecule has 0 amide bonds. The molecule has 1 aliphatic rings. The third-order valence-corrected chi connectivity index (χ3v) is 6.70. The highest BCUT2D eigenvalue weighted by atomic mass is 19.3. The van der Waals surface area contributed by atoms with Crippen LogP contribution in [0.25, 0.3) is 15.9 Å². The molecule has 3 aromatic rings. The van der Waals surface area contributed by atoms with Crippen molar-refractivity contribution in [3.05, 3.63) is 52.0 Å². The minimum absolute atomic E-state index is 0.0109. The summed E-state index contributed by atoms with van der Waals surface area (Å²) in [5, 5.41) is 22.9. The lowest BCUT2D eigenvalue weighted by Gasteiger charge is -2.41. The Kier molecular flexibility index (Phi) is 6.73. The lowest BCUT2D eigenvalue weighted by molar-refractivity contribution is -0.149. The molecule has 0 bridgehead atoms. The molecule has 37 heavy (non-hydrogen) atoms. The standard InChI is InChI=1S/C25H29F3N6O3/c1-14-12-33(13-20(35)25(14,27)28)22-17(29-4)11-16(26)21(31-22)30-15-6-7-18-19(10-15)34(23(36)32(18)5)9-8-24(2,3)37/h6-7,10-11,14,20,35,37H,8-9,12-13H2,1-3,5H3,(H,30,31). The van der Waals surface area contributed by atoms with Gasteiger partial charge in [0, 0.05) is 31.7 Å². The summed E-state index contributed by atoms with van der Waals surface area (Å²) in [6, 6.07) is 5.95. The first-order valence-electron chi connectivity index (χ1n) is 11.8. The van der Waals surface area contributed by atoms with Crippen molar-refractivity contribution in [3.63, 3.8) is 0 Å². The van der Waals surface area contributed by atoms with Gasteiger partial charge in [0.2, 0.25) is 5.69 Å². The van der Waals surface area contributed by atoms with Crippen molar-refractivity contribution in [2.24, 2.45) is 13.0 Å². The van der Waals surface area contributed by atoms with E-state index >= 15 is 0 Å². The highest BCUT2D eigenvalue weighted by Gasteiger charge is 2.49. The van der Waals surface area contributed by atoms with Crippen LogP contribution in [0.1, 0.15) is 27.2 Å². The predicted octanol–water partition coefficient (Wildman–Crippen LogP) is 3.78. The summed E-state index contributed by atoms with van der Waals surface area (Å²) in [5.41, 5.74) is 0.207. The molecule has 0 radical (unpaired) electrons. The van der Waals surface area contributed by atoms with Crippen LogP contribution in [0.5, 0.6) is 0 Å². The fourth-order valence-corrected chi connectivity index (χ4v) is 4.46. The number of fused-ring (bicyclic) bond motifs is 1. The fraction of sp³-hybridized carbons (Fsp3) is 0.480. The summed E-state index contributed by atoms with van der Waals surface area (Å²) in [5.74, 6) is -5.56. The van der Waals surface area contributed by atoms with Gasteiger partial charge in [0.15, 0.2) is 11.6 Å². The number of aryl methyl sites for hydroxylation is 2. The Morgan fingerprint density at radius 3 is 2.59 bits per heavy atom. The Balaban J connectivity index is 1.70. The van der Waals surface area contributed by atoms with Crippen LogP contribution in [0, 0.1) is 18.3 Å². The molecule has 1 aliphatic heterocycles. The van der Waals surface area contributed by atoms with E-state index in [1.807, 2.05) is 0 Å². The predicted molar refractivity (Wildman–Crippen MR) is 134 cm³/mol. The molecule has 2 aromatic heterocycles. The fourth-order valence-electron chi connectivity index (χ4n) is 4.46. The Bertz CT molecular complexity index is 1420. The second-order valence-corrected chi connectivity index (χ2v) is 10.2. The van der Waals surface area contributed by atoms with Crippen LogP contribution in [0.4, 0.5) is 36.2 Å². The van der Waals surface area contributed by atoms with E-state index in [1.165, 1.54) is 21.0 Å². The lowest BCUT2D eigenvalue weighted by Crippen LogP contribution is -2.56. The van der Waals surface area contributed by atoms with Gasteiger partial charge >= 0.3 is 5.69 Å². The molecule has 2 atom stereocenters. The molecule has 4 rings (SSSR count). The molecule has 9 nitrogen and oxygen atoms in total. The first-order chi connectivity index (χ1) is 17.2. The minimum Gasteiger partial charge on any atom is -0.390 e. The van der Waals surface area contributed by atoms with Crippen molar-refractivity contribution in [2.75, 3.05) is 23.3 Å². The molecule has 3 N–H and O–H groups in total. The third kappa shape index (κ3) is 5.01. The van der Waals surface area contributed by atoms with Gasteiger partial charge in [0.1, 0.15) is 11.9 Å². The molecule has 198 valence electrons. The average molecular weight is 519 g/mol. The number of halogens is 3. The first kappa shape index (κ1) is 26.5. The number of β-amino-alcohol motifs (C(OH)–C–C–N with tert-alkyl or cyclic N) is 1. The van der Waals surface area contributed by atoms with E-state index in [0.717, 1.165) is 6.07 Å². The molecular weight excluding hydrogens is 489 g/mol. The molecule has 3 heterocycles. The SMILES string of the molecule is [C-]#[N+]c1cc(F)c(Nc2ccc3c(c2)n(CCC(C)(C)O)c(=O)n3C)nc1N1CC(C)C(F)(F)C(O)C1. The molecule has 0 saturated carbocycles. The number of pyridine rings is 1. The largest absolute Gasteiger partial charge is 0.390 e. The Labute approximate surface area is 211 Å². The number of aliphatic hydroxyl groups is 2. The zero-order chi connectivity index (χ0) is 27.3. The second kappa shape index (κ2) is 9.39. The van der Waals surface area contributed by atoms with Gasteiger partial charge in [-0.2, -0.15) is 0 Å². The Morgan fingerprint density at radius 2 is 1.97 bits per heavy atom. The number of anilines is 3. The Morgan fingerprint density at radius 1 is 1.27 bits per heavy atom. The van der Waals surface area contributed by atoms with Gasteiger partial charge < -0.3 is 20.4 Å². The van der Waals surface area contributed by atoms with E-state index in [4.69, 9.17) is 6.57 Å². The van der Waals surface area contributed by atoms with E-state index < -0.39 is 35.9 Å². The summed E-state index contributed by atoms with van der Waals surface area (Å²) in [6.07, 6.45) is -1.63. The van der Waals surface area contributed by atoms with Crippen LogP contribution in [-0.2, 0) is 13.6 Å². The van der Waals surface area contributed by atoms with Crippen LogP contribution in [0.15, 0.2) is 29.1 Å². The zero-order valence-corrected chi connectivity index (χ0v) is 21.0. The number of hydrogen-bond donors (Lipinski definition) is 3. The number of aromatic nitrogens is 3. The number of rotatable bonds is 6. The summed E-state index contributed by atoms with van der Waals surface area (Å²) in [4.78, 5) is 21.7. The zero-order valence-electron chi connectivity index (χ0n) is 21.0. The smallest absolute Gasteiger partial charge is 0.328 e. The normalized spacial score (nSPS) is 19.7. The number of benzene rings is 1. The molecule has 1 saturated heterocycles. The molecule has 2 unspecified atom stereocenters. The van der Waals surface area contributed by atoms with E-state index in [2.05, 4.69) is 15.1 Å². The maximum Gasteiger partial charge on any atom is 0.328 e. The minimum atomic E-state index is -3.29. The van der Waals surface area contributed by atoms with Gasteiger partial charge in [-0.05, 0) is 44.5 Å². The van der Waals surface area contributed by atoms with Gasteiger partial charge in [-0.15, -0.1) is 0 Å². The third-order valence-electron chi connectivity index (χ3n) is 6.70. The summed E-state index contributed by atoms with van der Waals surface area (Å²) in [7, 11) is 1.63. The number of nitrogens with zero attached hydrogens (tertiary/aromatic N) is 5. The van der Waals surface area contributed by atoms with Crippen molar-refractivity contribution in [3.8, 4) is 0 Å². The van der Waals surface area contributed by atoms with Gasteiger partial charge in [-0.3, -0.25) is 9.13 Å². The summed E-state index contributed by atoms with van der Waals surface area (Å²) >= 11 is 0. The van der Waals surface area contributed by atoms with Crippen LogP contribution in [-0.4, -0.2) is 55.0 Å². The molecule has 1 aromatic carbocycles. The van der Waals surface area contributed by atoms with E-state index in [-0.39, 0.29) is 36.1 Å². The van der Waals surface area contributed by atoms with Crippen molar-refractivity contribution in [1.82, 2.24) is 14.1 Å². The van der Waals surface area contributed by atoms with Crippen LogP contribution in [0.3, 0.4) is 0 Å². The van der Waals surface area contributed by atoms with E-state index in [0.29, 0.717) is 23.1 Å². The molecule has 12 heteroatoms. The van der Waals surface area contributed by atoms with Gasteiger partial charge in [0.25, 0.3) is 5.92 Å². The second-order valence-electron chi connectivity index (χ2n) is 10.2. The molecular formula is C25H29F3N6O3. The maximum absolute atomic E-state index is 14.9. The maximum atomic E-state index is 14.9. The van der Waals surface area contributed by atoms with Crippen molar-refractivity contribution in [2.45, 2.75) is 51.4 Å². The van der Waals surface area contributed by atoms with Crippen molar-refractivity contribution >= 4 is 34.0 Å². The topological polar surface area (TPSA) is 99.9 Å². The summed E-state index contributed by atoms with van der Waals surface area (Å²) in [6.45, 7) is 11.6. The van der Waals surface area contributed by atoms with E-state index in [9.17, 15) is 28.2 Å². The van der Waals surface area contributed by atoms with Gasteiger partial charge in [-0.1, -0.05) is 6.92 Å². The highest BCUT2D eigenvalue weighted by molar-refractivity contribution is 5.82. The van der Waals surface area contributed by atoms with E-state index in [1.54, 1.807) is 39.1 Å². The van der Waals surface area contributed by atoms with Crippen molar-refractivity contribution in [1.29, 1.82) is 0 Å². The lowest BCUT2D eigenvalue weighted by atomic mass is 9.93. The number of alkyl halides is 2. The molecule has 1 fully saturated rings. The highest BCUT2D eigenvalue weighted by Crippen LogP contribution is 2.39. The Hall–Kier alpha value is -3.56. The monoisotopic (exact) mass is 518 g/mol. The van der Waals surface area contributed by atoms with Crippen LogP contribution in [0.2, 0.25) is 0 Å². The number of aliphatic hydroxyl groups excluding tert-OH is 1.